The van der Waals surface area contributed by atoms with Crippen LogP contribution in [0.1, 0.15) is 18.4 Å². The molecule has 0 fully saturated rings. The second kappa shape index (κ2) is 7.33. The van der Waals surface area contributed by atoms with Crippen LogP contribution in [-0.2, 0) is 4.79 Å². The summed E-state index contributed by atoms with van der Waals surface area (Å²) in [6.07, 6.45) is 1.09. The van der Waals surface area contributed by atoms with Crippen molar-refractivity contribution in [3.05, 3.63) is 54.1 Å². The number of nitrogen functional groups attached to an aromatic ring is 1. The maximum absolute atomic E-state index is 11.9. The van der Waals surface area contributed by atoms with E-state index in [2.05, 4.69) is 5.32 Å². The average molecular weight is 284 g/mol. The van der Waals surface area contributed by atoms with E-state index in [1.807, 2.05) is 49.4 Å². The van der Waals surface area contributed by atoms with Gasteiger partial charge >= 0.3 is 0 Å². The summed E-state index contributed by atoms with van der Waals surface area (Å²) in [5.41, 5.74) is 8.13. The summed E-state index contributed by atoms with van der Waals surface area (Å²) in [5, 5.41) is 2.88. The van der Waals surface area contributed by atoms with Crippen LogP contribution in [-0.4, -0.2) is 12.5 Å². The Labute approximate surface area is 124 Å². The number of nitrogens with one attached hydrogen (secondary N) is 1. The van der Waals surface area contributed by atoms with E-state index in [0.29, 0.717) is 25.1 Å². The van der Waals surface area contributed by atoms with E-state index >= 15 is 0 Å². The van der Waals surface area contributed by atoms with Crippen LogP contribution >= 0.6 is 0 Å². The SMILES string of the molecule is Cc1ccc(N)cc1NC(=O)CCCOc1ccccc1. The molecule has 2 rings (SSSR count). The number of hydrogen-bond acceptors (Lipinski definition) is 3. The third-order valence-electron chi connectivity index (χ3n) is 3.10. The third kappa shape index (κ3) is 4.84. The standard InChI is InChI=1S/C17H20N2O2/c1-13-9-10-14(18)12-16(13)19-17(20)8-5-11-21-15-6-3-2-4-7-15/h2-4,6-7,9-10,12H,5,8,11,18H2,1H3,(H,19,20). The molecule has 21 heavy (non-hydrogen) atoms. The topological polar surface area (TPSA) is 64.3 Å². The van der Waals surface area contributed by atoms with Crippen LogP contribution in [0.5, 0.6) is 5.75 Å². The summed E-state index contributed by atoms with van der Waals surface area (Å²) in [6, 6.07) is 15.1. The Kier molecular flexibility index (Phi) is 5.21. The van der Waals surface area contributed by atoms with Crippen molar-refractivity contribution >= 4 is 17.3 Å². The van der Waals surface area contributed by atoms with Gasteiger partial charge in [-0.1, -0.05) is 24.3 Å². The molecule has 0 unspecified atom stereocenters. The van der Waals surface area contributed by atoms with Crippen LogP contribution in [0.15, 0.2) is 48.5 Å². The number of benzene rings is 2. The quantitative estimate of drug-likeness (QED) is 0.631. The summed E-state index contributed by atoms with van der Waals surface area (Å²) >= 11 is 0. The van der Waals surface area contributed by atoms with Crippen molar-refractivity contribution in [2.75, 3.05) is 17.7 Å². The molecular formula is C17H20N2O2. The lowest BCUT2D eigenvalue weighted by Crippen LogP contribution is -2.13. The molecule has 3 N–H and O–H groups in total. The molecular weight excluding hydrogens is 264 g/mol. The molecule has 0 saturated heterocycles. The fourth-order valence-corrected chi connectivity index (χ4v) is 1.93. The third-order valence-corrected chi connectivity index (χ3v) is 3.10. The van der Waals surface area contributed by atoms with E-state index in [1.54, 1.807) is 6.07 Å². The second-order valence-corrected chi connectivity index (χ2v) is 4.89. The molecule has 0 radical (unpaired) electrons. The number of rotatable bonds is 6. The molecule has 0 atom stereocenters. The zero-order valence-corrected chi connectivity index (χ0v) is 12.1. The summed E-state index contributed by atoms with van der Waals surface area (Å²) in [4.78, 5) is 11.9. The van der Waals surface area contributed by atoms with Gasteiger partial charge in [0.1, 0.15) is 5.75 Å². The lowest BCUT2D eigenvalue weighted by molar-refractivity contribution is -0.116. The first-order valence-electron chi connectivity index (χ1n) is 6.99. The first kappa shape index (κ1) is 14.9. The highest BCUT2D eigenvalue weighted by molar-refractivity contribution is 5.91. The van der Waals surface area contributed by atoms with E-state index in [0.717, 1.165) is 17.0 Å². The molecule has 0 spiro atoms. The molecule has 2 aromatic carbocycles. The number of nitrogens with two attached hydrogens (primary N) is 1. The van der Waals surface area contributed by atoms with Crippen molar-refractivity contribution in [2.24, 2.45) is 0 Å². The van der Waals surface area contributed by atoms with Gasteiger partial charge in [0.25, 0.3) is 0 Å². The van der Waals surface area contributed by atoms with Gasteiger partial charge in [0.15, 0.2) is 0 Å². The lowest BCUT2D eigenvalue weighted by Gasteiger charge is -2.09. The molecule has 4 heteroatoms. The van der Waals surface area contributed by atoms with Crippen LogP contribution < -0.4 is 15.8 Å². The number of carbonyl (C=O) groups is 1. The van der Waals surface area contributed by atoms with E-state index in [4.69, 9.17) is 10.5 Å². The van der Waals surface area contributed by atoms with Crippen LogP contribution in [0.3, 0.4) is 0 Å². The number of para-hydroxylation sites is 1. The molecule has 0 aliphatic carbocycles. The predicted octanol–water partition coefficient (Wildman–Crippen LogP) is 3.37. The molecule has 0 bridgehead atoms. The summed E-state index contributed by atoms with van der Waals surface area (Å²) < 4.78 is 5.55. The van der Waals surface area contributed by atoms with E-state index in [1.165, 1.54) is 0 Å². The number of hydrogen-bond donors (Lipinski definition) is 2. The Balaban J connectivity index is 1.74. The van der Waals surface area contributed by atoms with Gasteiger partial charge in [-0.3, -0.25) is 4.79 Å². The highest BCUT2D eigenvalue weighted by atomic mass is 16.5. The molecule has 4 nitrogen and oxygen atoms in total. The number of ether oxygens (including phenoxy) is 1. The molecule has 2 aromatic rings. The van der Waals surface area contributed by atoms with E-state index in [9.17, 15) is 4.79 Å². The predicted molar refractivity (Wildman–Crippen MR) is 85.4 cm³/mol. The summed E-state index contributed by atoms with van der Waals surface area (Å²) in [7, 11) is 0. The van der Waals surface area contributed by atoms with Crippen molar-refractivity contribution in [3.63, 3.8) is 0 Å². The summed E-state index contributed by atoms with van der Waals surface area (Å²) in [5.74, 6) is 0.796. The fraction of sp³-hybridized carbons (Fsp3) is 0.235. The highest BCUT2D eigenvalue weighted by Gasteiger charge is 2.05. The minimum Gasteiger partial charge on any atom is -0.494 e. The minimum atomic E-state index is -0.0274. The van der Waals surface area contributed by atoms with Crippen LogP contribution in [0.2, 0.25) is 0 Å². The van der Waals surface area contributed by atoms with Crippen LogP contribution in [0.4, 0.5) is 11.4 Å². The number of amides is 1. The zero-order chi connectivity index (χ0) is 15.1. The fourth-order valence-electron chi connectivity index (χ4n) is 1.93. The van der Waals surface area contributed by atoms with Crippen LogP contribution in [0, 0.1) is 6.92 Å². The van der Waals surface area contributed by atoms with Gasteiger partial charge < -0.3 is 15.8 Å². The lowest BCUT2D eigenvalue weighted by atomic mass is 10.1. The number of anilines is 2. The minimum absolute atomic E-state index is 0.0274. The van der Waals surface area contributed by atoms with E-state index < -0.39 is 0 Å². The first-order valence-corrected chi connectivity index (χ1v) is 6.99. The Morgan fingerprint density at radius 1 is 1.19 bits per heavy atom. The van der Waals surface area contributed by atoms with Gasteiger partial charge in [-0.15, -0.1) is 0 Å². The molecule has 0 aromatic heterocycles. The Bertz CT molecular complexity index is 597. The smallest absolute Gasteiger partial charge is 0.224 e. The van der Waals surface area contributed by atoms with Crippen LogP contribution in [0.25, 0.3) is 0 Å². The monoisotopic (exact) mass is 284 g/mol. The first-order chi connectivity index (χ1) is 10.1. The van der Waals surface area contributed by atoms with Crippen molar-refractivity contribution in [1.29, 1.82) is 0 Å². The Morgan fingerprint density at radius 2 is 1.95 bits per heavy atom. The summed E-state index contributed by atoms with van der Waals surface area (Å²) in [6.45, 7) is 2.46. The van der Waals surface area contributed by atoms with Gasteiger partial charge in [-0.05, 0) is 43.2 Å². The number of aryl methyl sites for hydroxylation is 1. The molecule has 0 saturated carbocycles. The molecule has 1 amide bonds. The van der Waals surface area contributed by atoms with Gasteiger partial charge in [0.2, 0.25) is 5.91 Å². The van der Waals surface area contributed by atoms with Gasteiger partial charge in [-0.2, -0.15) is 0 Å². The van der Waals surface area contributed by atoms with Gasteiger partial charge in [0.05, 0.1) is 6.61 Å². The normalized spacial score (nSPS) is 10.1. The van der Waals surface area contributed by atoms with Crippen molar-refractivity contribution in [3.8, 4) is 5.75 Å². The highest BCUT2D eigenvalue weighted by Crippen LogP contribution is 2.18. The average Bonchev–Trinajstić information content (AvgIpc) is 2.48. The second-order valence-electron chi connectivity index (χ2n) is 4.89. The largest absolute Gasteiger partial charge is 0.494 e. The maximum Gasteiger partial charge on any atom is 0.224 e. The molecule has 0 heterocycles. The molecule has 0 aliphatic heterocycles. The van der Waals surface area contributed by atoms with Gasteiger partial charge in [0, 0.05) is 17.8 Å². The van der Waals surface area contributed by atoms with Gasteiger partial charge in [-0.25, -0.2) is 0 Å². The van der Waals surface area contributed by atoms with Crippen molar-refractivity contribution in [1.82, 2.24) is 0 Å². The molecule has 0 aliphatic rings. The van der Waals surface area contributed by atoms with E-state index in [-0.39, 0.29) is 5.91 Å². The number of carbonyl (C=O) groups excluding carboxylic acids is 1. The Morgan fingerprint density at radius 3 is 2.71 bits per heavy atom. The zero-order valence-electron chi connectivity index (χ0n) is 12.1. The molecule has 110 valence electrons. The van der Waals surface area contributed by atoms with Crippen molar-refractivity contribution < 1.29 is 9.53 Å². The maximum atomic E-state index is 11.9. The Hall–Kier alpha value is -2.49. The van der Waals surface area contributed by atoms with Crippen molar-refractivity contribution in [2.45, 2.75) is 19.8 Å².